The molecule has 1 heterocycles. The first-order valence-corrected chi connectivity index (χ1v) is 4.82. The maximum atomic E-state index is 11.1. The summed E-state index contributed by atoms with van der Waals surface area (Å²) in [5, 5.41) is -0.121. The van der Waals surface area contributed by atoms with Crippen LogP contribution in [0.15, 0.2) is 0 Å². The molecular weight excluding hydrogens is 192 g/mol. The lowest BCUT2D eigenvalue weighted by atomic mass is 9.98. The maximum absolute atomic E-state index is 11.1. The van der Waals surface area contributed by atoms with E-state index in [0.29, 0.717) is 6.42 Å². The Kier molecular flexibility index (Phi) is 3.71. The van der Waals surface area contributed by atoms with Crippen LogP contribution < -0.4 is 0 Å². The van der Waals surface area contributed by atoms with E-state index in [2.05, 4.69) is 0 Å². The second-order valence-electron chi connectivity index (χ2n) is 3.42. The third-order valence-corrected chi connectivity index (χ3v) is 2.91. The van der Waals surface area contributed by atoms with E-state index in [1.54, 1.807) is 14.0 Å². The topological polar surface area (TPSA) is 35.5 Å². The monoisotopic (exact) mass is 206 g/mol. The van der Waals surface area contributed by atoms with Gasteiger partial charge in [-0.3, -0.25) is 4.79 Å². The second kappa shape index (κ2) is 4.40. The average molecular weight is 207 g/mol. The first-order chi connectivity index (χ1) is 6.06. The van der Waals surface area contributed by atoms with Crippen LogP contribution in [0.3, 0.4) is 0 Å². The summed E-state index contributed by atoms with van der Waals surface area (Å²) in [4.78, 5) is 11.1. The molecule has 0 aromatic rings. The Labute approximate surface area is 83.3 Å². The van der Waals surface area contributed by atoms with E-state index in [-0.39, 0.29) is 29.5 Å². The second-order valence-corrected chi connectivity index (χ2v) is 3.98. The Hall–Kier alpha value is -0.120. The van der Waals surface area contributed by atoms with Crippen molar-refractivity contribution in [2.45, 2.75) is 38.0 Å². The minimum atomic E-state index is -0.255. The molecule has 13 heavy (non-hydrogen) atoms. The molecule has 0 aromatic heterocycles. The van der Waals surface area contributed by atoms with Crippen LogP contribution in [0.2, 0.25) is 0 Å². The largest absolute Gasteiger partial charge is 0.356 e. The summed E-state index contributed by atoms with van der Waals surface area (Å²) in [6.07, 6.45) is 0.193. The summed E-state index contributed by atoms with van der Waals surface area (Å²) in [5.41, 5.74) is 0. The van der Waals surface area contributed by atoms with Gasteiger partial charge in [-0.05, 0) is 6.92 Å². The highest BCUT2D eigenvalue weighted by atomic mass is 35.5. The van der Waals surface area contributed by atoms with Crippen molar-refractivity contribution in [1.29, 1.82) is 0 Å². The van der Waals surface area contributed by atoms with Gasteiger partial charge in [-0.2, -0.15) is 0 Å². The van der Waals surface area contributed by atoms with Crippen molar-refractivity contribution in [2.75, 3.05) is 7.11 Å². The highest BCUT2D eigenvalue weighted by molar-refractivity contribution is 6.21. The Balaban J connectivity index is 2.56. The summed E-state index contributed by atoms with van der Waals surface area (Å²) in [5.74, 6) is -0.0462. The lowest BCUT2D eigenvalue weighted by molar-refractivity contribution is -0.139. The SMILES string of the molecule is CO[C@@H]1C[C@@H](Cl)[C@@H]([C@H](C)C(C)=O)O1. The normalized spacial score (nSPS) is 36.2. The minimum absolute atomic E-state index is 0.104. The summed E-state index contributed by atoms with van der Waals surface area (Å²) in [6.45, 7) is 3.39. The van der Waals surface area contributed by atoms with Gasteiger partial charge < -0.3 is 9.47 Å². The zero-order chi connectivity index (χ0) is 10.0. The molecule has 1 saturated heterocycles. The van der Waals surface area contributed by atoms with Crippen molar-refractivity contribution in [3.8, 4) is 0 Å². The molecule has 1 aliphatic heterocycles. The number of halogens is 1. The molecule has 0 aliphatic carbocycles. The van der Waals surface area contributed by atoms with Crippen molar-refractivity contribution < 1.29 is 14.3 Å². The number of methoxy groups -OCH3 is 1. The van der Waals surface area contributed by atoms with Crippen molar-refractivity contribution in [3.63, 3.8) is 0 Å². The van der Waals surface area contributed by atoms with Crippen LogP contribution in [-0.4, -0.2) is 30.7 Å². The van der Waals surface area contributed by atoms with Gasteiger partial charge in [0, 0.05) is 19.4 Å². The van der Waals surface area contributed by atoms with Crippen molar-refractivity contribution in [2.24, 2.45) is 5.92 Å². The number of ketones is 1. The Morgan fingerprint density at radius 2 is 2.31 bits per heavy atom. The molecule has 0 radical (unpaired) electrons. The van der Waals surface area contributed by atoms with Gasteiger partial charge in [0.25, 0.3) is 0 Å². The lowest BCUT2D eigenvalue weighted by Gasteiger charge is -2.18. The molecule has 4 atom stereocenters. The third kappa shape index (κ3) is 2.42. The Morgan fingerprint density at radius 1 is 1.69 bits per heavy atom. The van der Waals surface area contributed by atoms with Crippen LogP contribution in [-0.2, 0) is 14.3 Å². The van der Waals surface area contributed by atoms with Crippen LogP contribution in [0.1, 0.15) is 20.3 Å². The molecule has 0 aromatic carbocycles. The van der Waals surface area contributed by atoms with Crippen molar-refractivity contribution >= 4 is 17.4 Å². The summed E-state index contributed by atoms with van der Waals surface area (Å²) < 4.78 is 10.5. The van der Waals surface area contributed by atoms with Crippen LogP contribution >= 0.6 is 11.6 Å². The number of alkyl halides is 1. The fourth-order valence-corrected chi connectivity index (χ4v) is 1.87. The van der Waals surface area contributed by atoms with Gasteiger partial charge in [0.1, 0.15) is 5.78 Å². The molecule has 76 valence electrons. The van der Waals surface area contributed by atoms with Gasteiger partial charge in [0.2, 0.25) is 0 Å². The molecule has 1 fully saturated rings. The molecule has 0 spiro atoms. The van der Waals surface area contributed by atoms with Crippen LogP contribution in [0.25, 0.3) is 0 Å². The highest BCUT2D eigenvalue weighted by Gasteiger charge is 2.38. The summed E-state index contributed by atoms with van der Waals surface area (Å²) in [7, 11) is 1.58. The van der Waals surface area contributed by atoms with E-state index < -0.39 is 0 Å². The number of carbonyl (C=O) groups excluding carboxylic acids is 1. The van der Waals surface area contributed by atoms with Gasteiger partial charge in [-0.1, -0.05) is 6.92 Å². The molecule has 0 bridgehead atoms. The van der Waals surface area contributed by atoms with E-state index in [1.165, 1.54) is 0 Å². The number of carbonyl (C=O) groups is 1. The summed E-state index contributed by atoms with van der Waals surface area (Å²) in [6, 6.07) is 0. The Morgan fingerprint density at radius 3 is 2.69 bits per heavy atom. The zero-order valence-electron chi connectivity index (χ0n) is 8.12. The molecular formula is C9H15ClO3. The molecule has 3 nitrogen and oxygen atoms in total. The lowest BCUT2D eigenvalue weighted by Crippen LogP contribution is -2.30. The van der Waals surface area contributed by atoms with Crippen molar-refractivity contribution in [3.05, 3.63) is 0 Å². The molecule has 4 heteroatoms. The first kappa shape index (κ1) is 11.0. The van der Waals surface area contributed by atoms with Crippen LogP contribution in [0.5, 0.6) is 0 Å². The quantitative estimate of drug-likeness (QED) is 0.658. The van der Waals surface area contributed by atoms with Crippen LogP contribution in [0.4, 0.5) is 0 Å². The smallest absolute Gasteiger partial charge is 0.159 e. The van der Waals surface area contributed by atoms with E-state index >= 15 is 0 Å². The number of hydrogen-bond acceptors (Lipinski definition) is 3. The van der Waals surface area contributed by atoms with Crippen LogP contribution in [0, 0.1) is 5.92 Å². The molecule has 1 aliphatic rings. The molecule has 0 unspecified atom stereocenters. The fraction of sp³-hybridized carbons (Fsp3) is 0.889. The van der Waals surface area contributed by atoms with Crippen molar-refractivity contribution in [1.82, 2.24) is 0 Å². The van der Waals surface area contributed by atoms with E-state index in [0.717, 1.165) is 0 Å². The number of Topliss-reactive ketones (excluding diaryl/α,β-unsaturated/α-hetero) is 1. The minimum Gasteiger partial charge on any atom is -0.356 e. The molecule has 0 saturated carbocycles. The van der Waals surface area contributed by atoms with E-state index in [4.69, 9.17) is 21.1 Å². The number of hydrogen-bond donors (Lipinski definition) is 0. The third-order valence-electron chi connectivity index (χ3n) is 2.48. The maximum Gasteiger partial charge on any atom is 0.159 e. The summed E-state index contributed by atoms with van der Waals surface area (Å²) >= 11 is 6.03. The average Bonchev–Trinajstić information content (AvgIpc) is 2.45. The Bertz CT molecular complexity index is 195. The predicted octanol–water partition coefficient (Wildman–Crippen LogP) is 1.58. The molecule has 0 amide bonds. The van der Waals surface area contributed by atoms with Gasteiger partial charge in [0.05, 0.1) is 11.5 Å². The van der Waals surface area contributed by atoms with Gasteiger partial charge >= 0.3 is 0 Å². The molecule has 0 N–H and O–H groups in total. The zero-order valence-corrected chi connectivity index (χ0v) is 8.88. The molecule has 1 rings (SSSR count). The fourth-order valence-electron chi connectivity index (χ4n) is 1.45. The van der Waals surface area contributed by atoms with E-state index in [1.807, 2.05) is 6.92 Å². The standard InChI is InChI=1S/C9H15ClO3/c1-5(6(2)11)9-7(10)4-8(12-3)13-9/h5,7-9H,4H2,1-3H3/t5-,7-,8+,9-/m1/s1. The van der Waals surface area contributed by atoms with Gasteiger partial charge in [-0.25, -0.2) is 0 Å². The number of ether oxygens (including phenoxy) is 2. The highest BCUT2D eigenvalue weighted by Crippen LogP contribution is 2.30. The van der Waals surface area contributed by atoms with Gasteiger partial charge in [-0.15, -0.1) is 11.6 Å². The van der Waals surface area contributed by atoms with E-state index in [9.17, 15) is 4.79 Å². The number of rotatable bonds is 3. The first-order valence-electron chi connectivity index (χ1n) is 4.39. The van der Waals surface area contributed by atoms with Gasteiger partial charge in [0.15, 0.2) is 6.29 Å². The predicted molar refractivity (Wildman–Crippen MR) is 49.8 cm³/mol.